The van der Waals surface area contributed by atoms with E-state index in [4.69, 9.17) is 4.98 Å². The fraction of sp³-hybridized carbons (Fsp3) is 0.375. The summed E-state index contributed by atoms with van der Waals surface area (Å²) in [5.74, 6) is 0. The minimum absolute atomic E-state index is 0.332. The number of hydrogen-bond acceptors (Lipinski definition) is 5. The smallest absolute Gasteiger partial charge is 0.175 e. The Morgan fingerprint density at radius 1 is 1.03 bits per heavy atom. The summed E-state index contributed by atoms with van der Waals surface area (Å²) in [7, 11) is -1.02. The zero-order valence-corrected chi connectivity index (χ0v) is 20.0. The molecule has 6 heteroatoms. The fourth-order valence-electron chi connectivity index (χ4n) is 3.43. The second-order valence-corrected chi connectivity index (χ2v) is 10.9. The molecule has 0 saturated carbocycles. The van der Waals surface area contributed by atoms with Crippen molar-refractivity contribution in [2.45, 2.75) is 38.5 Å². The number of benzene rings is 2. The van der Waals surface area contributed by atoms with Gasteiger partial charge in [-0.05, 0) is 68.2 Å². The van der Waals surface area contributed by atoms with Crippen LogP contribution in [0, 0.1) is 13.8 Å². The molecule has 0 fully saturated rings. The summed E-state index contributed by atoms with van der Waals surface area (Å²) in [4.78, 5) is 7.46. The molecule has 2 aromatic carbocycles. The van der Waals surface area contributed by atoms with Crippen molar-refractivity contribution >= 4 is 21.2 Å². The Morgan fingerprint density at radius 3 is 2.30 bits per heavy atom. The third kappa shape index (κ3) is 5.56. The predicted molar refractivity (Wildman–Crippen MR) is 126 cm³/mol. The van der Waals surface area contributed by atoms with Gasteiger partial charge in [0.25, 0.3) is 0 Å². The van der Waals surface area contributed by atoms with E-state index >= 15 is 0 Å². The molecule has 1 aromatic heterocycles. The quantitative estimate of drug-likeness (QED) is 0.497. The highest BCUT2D eigenvalue weighted by atomic mass is 32.2. The second-order valence-electron chi connectivity index (χ2n) is 7.95. The lowest BCUT2D eigenvalue weighted by Crippen LogP contribution is -2.20. The van der Waals surface area contributed by atoms with Gasteiger partial charge >= 0.3 is 0 Å². The lowest BCUT2D eigenvalue weighted by atomic mass is 9.96. The van der Waals surface area contributed by atoms with Gasteiger partial charge < -0.3 is 4.90 Å². The summed E-state index contributed by atoms with van der Waals surface area (Å²) in [5, 5.41) is 3.11. The van der Waals surface area contributed by atoms with Crippen molar-refractivity contribution in [2.24, 2.45) is 0 Å². The van der Waals surface area contributed by atoms with E-state index in [0.29, 0.717) is 4.90 Å². The van der Waals surface area contributed by atoms with Crippen molar-refractivity contribution in [1.29, 1.82) is 0 Å². The fourth-order valence-corrected chi connectivity index (χ4v) is 4.88. The van der Waals surface area contributed by atoms with E-state index in [9.17, 15) is 8.42 Å². The van der Waals surface area contributed by atoms with Gasteiger partial charge in [0.2, 0.25) is 0 Å². The Balaban J connectivity index is 1.75. The number of aromatic nitrogens is 1. The third-order valence-electron chi connectivity index (χ3n) is 5.57. The molecule has 0 saturated heterocycles. The molecule has 3 rings (SSSR count). The van der Waals surface area contributed by atoms with Gasteiger partial charge in [-0.3, -0.25) is 0 Å². The largest absolute Gasteiger partial charge is 0.306 e. The van der Waals surface area contributed by atoms with Crippen molar-refractivity contribution in [3.05, 3.63) is 69.0 Å². The average Bonchev–Trinajstić information content (AvgIpc) is 3.17. The SMILES string of the molecule is CCN(C)CCc1cc(C)c(Cc2nc(-c3ccc(S(C)(=O)=O)cc3)cs2)cc1C. The molecule has 0 N–H and O–H groups in total. The highest BCUT2D eigenvalue weighted by Crippen LogP contribution is 2.26. The Morgan fingerprint density at radius 2 is 1.67 bits per heavy atom. The van der Waals surface area contributed by atoms with Crippen LogP contribution in [-0.4, -0.2) is 44.7 Å². The first-order valence-corrected chi connectivity index (χ1v) is 13.0. The molecule has 0 atom stereocenters. The van der Waals surface area contributed by atoms with E-state index in [-0.39, 0.29) is 0 Å². The van der Waals surface area contributed by atoms with Gasteiger partial charge in [0.15, 0.2) is 9.84 Å². The van der Waals surface area contributed by atoms with E-state index < -0.39 is 9.84 Å². The van der Waals surface area contributed by atoms with E-state index in [1.54, 1.807) is 23.5 Å². The Bertz CT molecular complexity index is 1120. The van der Waals surface area contributed by atoms with Crippen molar-refractivity contribution in [3.63, 3.8) is 0 Å². The van der Waals surface area contributed by atoms with Crippen LogP contribution in [0.3, 0.4) is 0 Å². The maximum Gasteiger partial charge on any atom is 0.175 e. The number of nitrogens with zero attached hydrogens (tertiary/aromatic N) is 2. The number of rotatable bonds is 8. The maximum absolute atomic E-state index is 11.6. The van der Waals surface area contributed by atoms with Crippen LogP contribution >= 0.6 is 11.3 Å². The first kappa shape index (κ1) is 22.7. The molecular formula is C24H30N2O2S2. The minimum atomic E-state index is -3.18. The molecule has 0 aliphatic heterocycles. The molecule has 30 heavy (non-hydrogen) atoms. The number of hydrogen-bond donors (Lipinski definition) is 0. The monoisotopic (exact) mass is 442 g/mol. The van der Waals surface area contributed by atoms with Crippen molar-refractivity contribution in [1.82, 2.24) is 9.88 Å². The van der Waals surface area contributed by atoms with Crippen molar-refractivity contribution < 1.29 is 8.42 Å². The first-order chi connectivity index (χ1) is 14.2. The first-order valence-electron chi connectivity index (χ1n) is 10.2. The molecule has 0 unspecified atom stereocenters. The normalized spacial score (nSPS) is 11.9. The predicted octanol–water partition coefficient (Wildman–Crippen LogP) is 4.92. The van der Waals surface area contributed by atoms with Gasteiger partial charge in [-0.25, -0.2) is 13.4 Å². The molecule has 0 bridgehead atoms. The van der Waals surface area contributed by atoms with Gasteiger partial charge in [-0.2, -0.15) is 0 Å². The average molecular weight is 443 g/mol. The number of likely N-dealkylation sites (N-methyl/N-ethyl adjacent to an activating group) is 1. The number of aryl methyl sites for hydroxylation is 2. The summed E-state index contributed by atoms with van der Waals surface area (Å²) in [5.41, 5.74) is 7.21. The second kappa shape index (κ2) is 9.41. The summed E-state index contributed by atoms with van der Waals surface area (Å²) in [6.45, 7) is 8.70. The van der Waals surface area contributed by atoms with Crippen LogP contribution < -0.4 is 0 Å². The van der Waals surface area contributed by atoms with E-state index in [1.807, 2.05) is 17.5 Å². The summed E-state index contributed by atoms with van der Waals surface area (Å²) in [6.07, 6.45) is 3.11. The zero-order valence-electron chi connectivity index (χ0n) is 18.4. The number of sulfone groups is 1. The van der Waals surface area contributed by atoms with E-state index in [0.717, 1.165) is 42.2 Å². The molecule has 4 nitrogen and oxygen atoms in total. The molecule has 0 radical (unpaired) electrons. The summed E-state index contributed by atoms with van der Waals surface area (Å²) < 4.78 is 23.3. The third-order valence-corrected chi connectivity index (χ3v) is 7.55. The van der Waals surface area contributed by atoms with Crippen LogP contribution in [0.25, 0.3) is 11.3 Å². The molecule has 160 valence electrons. The molecule has 0 amide bonds. The minimum Gasteiger partial charge on any atom is -0.306 e. The highest BCUT2D eigenvalue weighted by molar-refractivity contribution is 7.90. The van der Waals surface area contributed by atoms with Gasteiger partial charge in [-0.15, -0.1) is 11.3 Å². The summed E-state index contributed by atoms with van der Waals surface area (Å²) in [6, 6.07) is 11.6. The van der Waals surface area contributed by atoms with Gasteiger partial charge in [-0.1, -0.05) is 31.2 Å². The standard InChI is InChI=1S/C24H30N2O2S2/c1-6-26(4)12-11-20-13-18(3)21(14-17(20)2)15-24-25-23(16-29-24)19-7-9-22(10-8-19)30(5,27)28/h7-10,13-14,16H,6,11-12,15H2,1-5H3. The zero-order chi connectivity index (χ0) is 21.9. The molecule has 0 aliphatic rings. The molecule has 3 aromatic rings. The number of thiazole rings is 1. The lowest BCUT2D eigenvalue weighted by molar-refractivity contribution is 0.357. The van der Waals surface area contributed by atoms with E-state index in [2.05, 4.69) is 44.9 Å². The van der Waals surface area contributed by atoms with Crippen LogP contribution in [-0.2, 0) is 22.7 Å². The van der Waals surface area contributed by atoms with Crippen molar-refractivity contribution in [3.8, 4) is 11.3 Å². The highest BCUT2D eigenvalue weighted by Gasteiger charge is 2.11. The molecular weight excluding hydrogens is 412 g/mol. The Kier molecular flexibility index (Phi) is 7.11. The molecule has 1 heterocycles. The van der Waals surface area contributed by atoms with Crippen LogP contribution in [0.15, 0.2) is 46.7 Å². The summed E-state index contributed by atoms with van der Waals surface area (Å²) >= 11 is 1.65. The van der Waals surface area contributed by atoms with Crippen LogP contribution in [0.2, 0.25) is 0 Å². The van der Waals surface area contributed by atoms with Gasteiger partial charge in [0.05, 0.1) is 15.6 Å². The van der Waals surface area contributed by atoms with E-state index in [1.165, 1.54) is 28.5 Å². The molecule has 0 spiro atoms. The topological polar surface area (TPSA) is 50.3 Å². The molecule has 0 aliphatic carbocycles. The Hall–Kier alpha value is -2.02. The lowest BCUT2D eigenvalue weighted by Gasteiger charge is -2.16. The van der Waals surface area contributed by atoms with Gasteiger partial charge in [0.1, 0.15) is 0 Å². The van der Waals surface area contributed by atoms with Gasteiger partial charge in [0, 0.05) is 30.2 Å². The van der Waals surface area contributed by atoms with Crippen LogP contribution in [0.5, 0.6) is 0 Å². The Labute approximate surface area is 184 Å². The van der Waals surface area contributed by atoms with Crippen molar-refractivity contribution in [2.75, 3.05) is 26.4 Å². The maximum atomic E-state index is 11.6. The van der Waals surface area contributed by atoms with Crippen LogP contribution in [0.4, 0.5) is 0 Å². The van der Waals surface area contributed by atoms with Crippen LogP contribution in [0.1, 0.15) is 34.2 Å².